The lowest BCUT2D eigenvalue weighted by molar-refractivity contribution is 1.48. The molecule has 0 saturated heterocycles. The zero-order valence-electron chi connectivity index (χ0n) is 11.6. The summed E-state index contributed by atoms with van der Waals surface area (Å²) in [6, 6.07) is 22.5. The smallest absolute Gasteiger partial charge is 0.0453 e. The summed E-state index contributed by atoms with van der Waals surface area (Å²) in [7, 11) is 0. The lowest BCUT2D eigenvalue weighted by Gasteiger charge is -1.98. The van der Waals surface area contributed by atoms with E-state index in [0.29, 0.717) is 11.4 Å². The maximum Gasteiger partial charge on any atom is 0.0453 e. The van der Waals surface area contributed by atoms with Crippen molar-refractivity contribution in [3.05, 3.63) is 93.7 Å². The fraction of sp³-hybridized carbons (Fsp3) is 0. The van der Waals surface area contributed by atoms with Crippen LogP contribution in [0.25, 0.3) is 31.7 Å². The lowest BCUT2D eigenvalue weighted by Crippen LogP contribution is -1.70. The average Bonchev–Trinajstić information content (AvgIpc) is 2.57. The van der Waals surface area contributed by atoms with Crippen molar-refractivity contribution in [2.45, 2.75) is 0 Å². The third kappa shape index (κ3) is 4.02. The largest absolute Gasteiger partial charge is 0.0622 e. The summed E-state index contributed by atoms with van der Waals surface area (Å²) in [5.74, 6) is 0. The van der Waals surface area contributed by atoms with Crippen molar-refractivity contribution in [1.82, 2.24) is 0 Å². The highest BCUT2D eigenvalue weighted by Gasteiger charge is 1.95. The van der Waals surface area contributed by atoms with Crippen LogP contribution < -0.4 is 0 Å². The molecule has 0 aliphatic rings. The highest BCUT2D eigenvalue weighted by molar-refractivity contribution is 5.92. The monoisotopic (exact) mass is 288 g/mol. The Kier molecular flexibility index (Phi) is 5.41. The zero-order chi connectivity index (χ0) is 15.6. The van der Waals surface area contributed by atoms with E-state index in [9.17, 15) is 0 Å². The third-order valence-electron chi connectivity index (χ3n) is 2.84. The molecule has 0 saturated carbocycles. The lowest BCUT2D eigenvalue weighted by atomic mass is 10.1. The van der Waals surface area contributed by atoms with E-state index >= 15 is 0 Å². The van der Waals surface area contributed by atoms with E-state index in [1.165, 1.54) is 0 Å². The molecular weight excluding hydrogens is 276 g/mol. The first-order valence-electron chi connectivity index (χ1n) is 6.48. The first-order valence-corrected chi connectivity index (χ1v) is 6.48. The summed E-state index contributed by atoms with van der Waals surface area (Å²) in [6.45, 7) is 0. The fourth-order valence-corrected chi connectivity index (χ4v) is 1.89. The Morgan fingerprint density at radius 3 is 2.00 bits per heavy atom. The number of azide groups is 2. The van der Waals surface area contributed by atoms with E-state index in [0.717, 1.165) is 10.8 Å². The minimum atomic E-state index is 0.653. The molecule has 0 N–H and O–H groups in total. The Morgan fingerprint density at radius 1 is 0.636 bits per heavy atom. The molecule has 22 heavy (non-hydrogen) atoms. The van der Waals surface area contributed by atoms with Crippen molar-refractivity contribution in [1.29, 1.82) is 0 Å². The van der Waals surface area contributed by atoms with Gasteiger partial charge < -0.3 is 0 Å². The molecule has 0 radical (unpaired) electrons. The van der Waals surface area contributed by atoms with Crippen molar-refractivity contribution in [2.24, 2.45) is 10.2 Å². The number of fused-ring (bicyclic) bond motifs is 1. The summed E-state index contributed by atoms with van der Waals surface area (Å²) >= 11 is 0. The van der Waals surface area contributed by atoms with Crippen LogP contribution in [0.5, 0.6) is 0 Å². The second-order valence-electron chi connectivity index (χ2n) is 4.21. The molecule has 0 spiro atoms. The van der Waals surface area contributed by atoms with E-state index in [4.69, 9.17) is 11.1 Å². The highest BCUT2D eigenvalue weighted by Crippen LogP contribution is 2.25. The predicted octanol–water partition coefficient (Wildman–Crippen LogP) is 6.41. The molecule has 6 heteroatoms. The minimum absolute atomic E-state index is 0.653. The first kappa shape index (κ1) is 14.9. The second kappa shape index (κ2) is 7.97. The number of rotatable bonds is 2. The molecule has 0 heterocycles. The number of nitrogens with zero attached hydrogens (tertiary/aromatic N) is 6. The van der Waals surface area contributed by atoms with Gasteiger partial charge in [0, 0.05) is 21.2 Å². The Balaban J connectivity index is 0.000000172. The summed E-state index contributed by atoms with van der Waals surface area (Å²) in [5, 5.41) is 9.08. The van der Waals surface area contributed by atoms with Gasteiger partial charge in [0.05, 0.1) is 0 Å². The van der Waals surface area contributed by atoms with Crippen LogP contribution in [0.4, 0.5) is 11.4 Å². The van der Waals surface area contributed by atoms with Crippen LogP contribution in [0.15, 0.2) is 83.0 Å². The number of benzene rings is 3. The molecule has 0 bridgehead atoms. The molecule has 6 nitrogen and oxygen atoms in total. The van der Waals surface area contributed by atoms with Gasteiger partial charge >= 0.3 is 0 Å². The van der Waals surface area contributed by atoms with Gasteiger partial charge in [-0.1, -0.05) is 83.0 Å². The fourth-order valence-electron chi connectivity index (χ4n) is 1.89. The van der Waals surface area contributed by atoms with Gasteiger partial charge in [-0.2, -0.15) is 0 Å². The van der Waals surface area contributed by atoms with Crippen molar-refractivity contribution >= 4 is 22.1 Å². The van der Waals surface area contributed by atoms with Gasteiger partial charge in [0.25, 0.3) is 0 Å². The molecule has 0 aromatic heterocycles. The van der Waals surface area contributed by atoms with Crippen molar-refractivity contribution < 1.29 is 0 Å². The maximum atomic E-state index is 8.34. The zero-order valence-corrected chi connectivity index (χ0v) is 11.6. The van der Waals surface area contributed by atoms with E-state index in [2.05, 4.69) is 20.1 Å². The summed E-state index contributed by atoms with van der Waals surface area (Å²) in [6.07, 6.45) is 0. The number of hydrogen-bond donors (Lipinski definition) is 0. The normalized spacial score (nSPS) is 8.91. The Morgan fingerprint density at radius 2 is 1.27 bits per heavy atom. The molecule has 106 valence electrons. The molecule has 0 aliphatic carbocycles. The van der Waals surface area contributed by atoms with E-state index < -0.39 is 0 Å². The van der Waals surface area contributed by atoms with Crippen molar-refractivity contribution in [3.63, 3.8) is 0 Å². The quantitative estimate of drug-likeness (QED) is 0.295. The molecular formula is C16H12N6. The van der Waals surface area contributed by atoms with Gasteiger partial charge in [-0.3, -0.25) is 0 Å². The Labute approximate surface area is 126 Å². The van der Waals surface area contributed by atoms with Crippen molar-refractivity contribution in [3.8, 4) is 0 Å². The number of hydrogen-bond acceptors (Lipinski definition) is 2. The predicted molar refractivity (Wildman–Crippen MR) is 88.0 cm³/mol. The summed E-state index contributed by atoms with van der Waals surface area (Å²) in [4.78, 5) is 5.41. The van der Waals surface area contributed by atoms with Gasteiger partial charge in [-0.15, -0.1) is 0 Å². The van der Waals surface area contributed by atoms with Crippen LogP contribution in [0, 0.1) is 0 Å². The minimum Gasteiger partial charge on any atom is -0.0622 e. The molecule has 0 fully saturated rings. The topological polar surface area (TPSA) is 97.5 Å². The van der Waals surface area contributed by atoms with Gasteiger partial charge in [-0.05, 0) is 21.8 Å². The molecule has 3 aromatic carbocycles. The van der Waals surface area contributed by atoms with Crippen LogP contribution in [0.3, 0.4) is 0 Å². The van der Waals surface area contributed by atoms with E-state index in [1.807, 2.05) is 60.7 Å². The Hall–Kier alpha value is -3.46. The molecule has 0 aliphatic heterocycles. The van der Waals surface area contributed by atoms with Gasteiger partial charge in [0.1, 0.15) is 0 Å². The van der Waals surface area contributed by atoms with Gasteiger partial charge in [-0.25, -0.2) is 0 Å². The summed E-state index contributed by atoms with van der Waals surface area (Å²) < 4.78 is 0. The molecule has 3 rings (SSSR count). The molecule has 3 aromatic rings. The van der Waals surface area contributed by atoms with Crippen LogP contribution in [0.2, 0.25) is 0 Å². The van der Waals surface area contributed by atoms with Crippen LogP contribution in [-0.2, 0) is 0 Å². The van der Waals surface area contributed by atoms with E-state index in [1.54, 1.807) is 12.1 Å². The summed E-state index contributed by atoms with van der Waals surface area (Å²) in [5.41, 5.74) is 17.6. The standard InChI is InChI=1S/C10H7N3.C6H5N3/c11-13-12-10-7-3-5-8-4-1-2-6-9(8)10;7-9-8-6-4-2-1-3-5-6/h1-7H;1-5H. The Bertz CT molecular complexity index is 841. The maximum absolute atomic E-state index is 8.34. The van der Waals surface area contributed by atoms with Crippen LogP contribution >= 0.6 is 0 Å². The van der Waals surface area contributed by atoms with E-state index in [-0.39, 0.29) is 0 Å². The van der Waals surface area contributed by atoms with Crippen LogP contribution in [-0.4, -0.2) is 0 Å². The molecule has 0 unspecified atom stereocenters. The average molecular weight is 288 g/mol. The molecule has 0 atom stereocenters. The van der Waals surface area contributed by atoms with Crippen molar-refractivity contribution in [2.75, 3.05) is 0 Å². The van der Waals surface area contributed by atoms with Crippen LogP contribution in [0.1, 0.15) is 0 Å². The van der Waals surface area contributed by atoms with Gasteiger partial charge in [0.15, 0.2) is 0 Å². The third-order valence-corrected chi connectivity index (χ3v) is 2.84. The van der Waals surface area contributed by atoms with Gasteiger partial charge in [0.2, 0.25) is 0 Å². The SMILES string of the molecule is [N-]=[N+]=Nc1cccc2ccccc12.[N-]=[N+]=Nc1ccccc1. The first-order chi connectivity index (χ1) is 10.8. The molecule has 0 amide bonds. The second-order valence-corrected chi connectivity index (χ2v) is 4.21. The highest BCUT2D eigenvalue weighted by atomic mass is 15.1.